The lowest BCUT2D eigenvalue weighted by atomic mass is 9.75. The molecule has 0 unspecified atom stereocenters. The Kier molecular flexibility index (Phi) is 6.44. The van der Waals surface area contributed by atoms with E-state index in [0.717, 1.165) is 17.4 Å². The molecule has 7 nitrogen and oxygen atoms in total. The van der Waals surface area contributed by atoms with Gasteiger partial charge < -0.3 is 23.8 Å². The van der Waals surface area contributed by atoms with Gasteiger partial charge in [-0.3, -0.25) is 4.79 Å². The molecule has 0 aliphatic carbocycles. The Morgan fingerprint density at radius 3 is 2.31 bits per heavy atom. The van der Waals surface area contributed by atoms with Gasteiger partial charge in [-0.05, 0) is 79.4 Å². The second-order valence-corrected chi connectivity index (χ2v) is 10.9. The van der Waals surface area contributed by atoms with E-state index in [1.807, 2.05) is 73.6 Å². The Balaban J connectivity index is 1.71. The number of aryl methyl sites for hydroxylation is 1. The van der Waals surface area contributed by atoms with E-state index in [1.165, 1.54) is 0 Å². The number of likely N-dealkylation sites (N-methyl/N-ethyl adjacent to an activating group) is 1. The summed E-state index contributed by atoms with van der Waals surface area (Å²) in [7, 11) is 1.21. The highest BCUT2D eigenvalue weighted by molar-refractivity contribution is 6.62. The first-order chi connectivity index (χ1) is 14.6. The van der Waals surface area contributed by atoms with E-state index in [-0.39, 0.29) is 18.0 Å². The van der Waals surface area contributed by atoms with E-state index >= 15 is 0 Å². The molecule has 2 heterocycles. The van der Waals surface area contributed by atoms with Crippen LogP contribution in [-0.2, 0) is 14.0 Å². The topological polar surface area (TPSA) is 68.3 Å². The van der Waals surface area contributed by atoms with Crippen molar-refractivity contribution in [2.45, 2.75) is 84.7 Å². The van der Waals surface area contributed by atoms with Crippen molar-refractivity contribution in [3.8, 4) is 0 Å². The first-order valence-corrected chi connectivity index (χ1v) is 11.3. The molecule has 0 N–H and O–H groups in total. The third-order valence-corrected chi connectivity index (χ3v) is 6.71. The molecule has 2 amide bonds. The van der Waals surface area contributed by atoms with Gasteiger partial charge in [0.1, 0.15) is 5.60 Å². The number of nitrogens with zero attached hydrogens (tertiary/aromatic N) is 2. The zero-order valence-corrected chi connectivity index (χ0v) is 20.9. The average Bonchev–Trinajstić information content (AvgIpc) is 3.22. The predicted molar refractivity (Wildman–Crippen MR) is 125 cm³/mol. The summed E-state index contributed by atoms with van der Waals surface area (Å²) < 4.78 is 17.9. The van der Waals surface area contributed by atoms with E-state index in [2.05, 4.69) is 0 Å². The maximum Gasteiger partial charge on any atom is 0.495 e. The van der Waals surface area contributed by atoms with Gasteiger partial charge in [0.05, 0.1) is 17.2 Å². The fraction of sp³-hybridized carbons (Fsp3) is 0.667. The molecule has 0 bridgehead atoms. The Morgan fingerprint density at radius 2 is 1.75 bits per heavy atom. The van der Waals surface area contributed by atoms with E-state index in [4.69, 9.17) is 14.0 Å². The van der Waals surface area contributed by atoms with Crippen LogP contribution in [0.1, 0.15) is 70.8 Å². The molecule has 2 saturated heterocycles. The van der Waals surface area contributed by atoms with Crippen molar-refractivity contribution in [2.75, 3.05) is 20.1 Å². The molecule has 2 fully saturated rings. The minimum Gasteiger partial charge on any atom is -0.444 e. The van der Waals surface area contributed by atoms with Crippen molar-refractivity contribution in [3.05, 3.63) is 29.3 Å². The number of amides is 2. The van der Waals surface area contributed by atoms with Gasteiger partial charge >= 0.3 is 13.2 Å². The Hall–Kier alpha value is -2.06. The van der Waals surface area contributed by atoms with E-state index in [9.17, 15) is 9.59 Å². The summed E-state index contributed by atoms with van der Waals surface area (Å²) in [5, 5.41) is 0. The zero-order chi connectivity index (χ0) is 24.1. The van der Waals surface area contributed by atoms with Crippen LogP contribution in [0.3, 0.4) is 0 Å². The lowest BCUT2D eigenvalue weighted by Gasteiger charge is -2.32. The maximum atomic E-state index is 13.3. The molecular weight excluding hydrogens is 407 g/mol. The van der Waals surface area contributed by atoms with Crippen LogP contribution in [0.15, 0.2) is 18.2 Å². The van der Waals surface area contributed by atoms with Gasteiger partial charge in [0.15, 0.2) is 0 Å². The van der Waals surface area contributed by atoms with Crippen molar-refractivity contribution in [1.29, 1.82) is 0 Å². The largest absolute Gasteiger partial charge is 0.495 e. The van der Waals surface area contributed by atoms with Crippen LogP contribution in [-0.4, -0.2) is 71.9 Å². The SMILES string of the molecule is Cc1ccc(C(=O)N2CC[C@H](N(C)C(=O)OC(C)(C)C)C2)cc1B1OC(C)(C)C(C)(C)O1. The molecule has 0 aromatic heterocycles. The molecule has 2 aliphatic heterocycles. The fourth-order valence-electron chi connectivity index (χ4n) is 3.91. The van der Waals surface area contributed by atoms with Crippen LogP contribution in [0, 0.1) is 6.92 Å². The van der Waals surface area contributed by atoms with Crippen molar-refractivity contribution in [1.82, 2.24) is 9.80 Å². The number of hydrogen-bond donors (Lipinski definition) is 0. The van der Waals surface area contributed by atoms with E-state index in [0.29, 0.717) is 18.7 Å². The smallest absolute Gasteiger partial charge is 0.444 e. The second kappa shape index (κ2) is 8.38. The number of likely N-dealkylation sites (tertiary alicyclic amines) is 1. The number of ether oxygens (including phenoxy) is 1. The maximum absolute atomic E-state index is 13.3. The van der Waals surface area contributed by atoms with Crippen LogP contribution in [0.2, 0.25) is 0 Å². The lowest BCUT2D eigenvalue weighted by Crippen LogP contribution is -2.43. The molecular formula is C24H37BN2O5. The van der Waals surface area contributed by atoms with Crippen LogP contribution in [0.5, 0.6) is 0 Å². The summed E-state index contributed by atoms with van der Waals surface area (Å²) in [4.78, 5) is 29.1. The quantitative estimate of drug-likeness (QED) is 0.669. The number of carbonyl (C=O) groups excluding carboxylic acids is 2. The molecule has 8 heteroatoms. The highest BCUT2D eigenvalue weighted by Crippen LogP contribution is 2.36. The number of rotatable bonds is 3. The van der Waals surface area contributed by atoms with Crippen LogP contribution in [0.4, 0.5) is 4.79 Å². The van der Waals surface area contributed by atoms with Crippen molar-refractivity contribution >= 4 is 24.6 Å². The lowest BCUT2D eigenvalue weighted by molar-refractivity contribution is 0.00578. The van der Waals surface area contributed by atoms with E-state index in [1.54, 1.807) is 16.8 Å². The van der Waals surface area contributed by atoms with E-state index < -0.39 is 23.9 Å². The van der Waals surface area contributed by atoms with Crippen LogP contribution < -0.4 is 5.46 Å². The van der Waals surface area contributed by atoms with Gasteiger partial charge in [-0.2, -0.15) is 0 Å². The standard InChI is InChI=1S/C24H37BN2O5/c1-16-10-11-17(14-19(16)25-31-23(5,6)24(7,8)32-25)20(28)27-13-12-18(15-27)26(9)21(29)30-22(2,3)4/h10-11,14,18H,12-13,15H2,1-9H3/t18-/m0/s1. The summed E-state index contributed by atoms with van der Waals surface area (Å²) >= 11 is 0. The van der Waals surface area contributed by atoms with Gasteiger partial charge in [-0.25, -0.2) is 4.79 Å². The molecule has 32 heavy (non-hydrogen) atoms. The minimum absolute atomic E-state index is 0.0529. The summed E-state index contributed by atoms with van der Waals surface area (Å²) in [6.45, 7) is 16.7. The third-order valence-electron chi connectivity index (χ3n) is 6.71. The second-order valence-electron chi connectivity index (χ2n) is 10.9. The molecule has 176 valence electrons. The minimum atomic E-state index is -0.550. The first-order valence-electron chi connectivity index (χ1n) is 11.3. The van der Waals surface area contributed by atoms with Crippen molar-refractivity contribution in [3.63, 3.8) is 0 Å². The fourth-order valence-corrected chi connectivity index (χ4v) is 3.91. The van der Waals surface area contributed by atoms with Gasteiger partial charge in [0, 0.05) is 25.7 Å². The highest BCUT2D eigenvalue weighted by atomic mass is 16.7. The van der Waals surface area contributed by atoms with Crippen LogP contribution >= 0.6 is 0 Å². The van der Waals surface area contributed by atoms with Crippen molar-refractivity contribution < 1.29 is 23.6 Å². The Bertz CT molecular complexity index is 877. The summed E-state index contributed by atoms with van der Waals surface area (Å²) in [5.74, 6) is -0.0529. The molecule has 0 spiro atoms. The summed E-state index contributed by atoms with van der Waals surface area (Å²) in [6.07, 6.45) is 0.354. The Labute approximate surface area is 192 Å². The molecule has 1 aromatic rings. The first kappa shape index (κ1) is 24.6. The summed E-state index contributed by atoms with van der Waals surface area (Å²) in [6, 6.07) is 5.59. The normalized spacial score (nSPS) is 22.2. The number of carbonyl (C=O) groups is 2. The monoisotopic (exact) mass is 444 g/mol. The third kappa shape index (κ3) is 4.96. The number of benzene rings is 1. The molecule has 0 saturated carbocycles. The number of hydrogen-bond acceptors (Lipinski definition) is 5. The van der Waals surface area contributed by atoms with Crippen molar-refractivity contribution in [2.24, 2.45) is 0 Å². The molecule has 0 radical (unpaired) electrons. The van der Waals surface area contributed by atoms with Gasteiger partial charge in [-0.1, -0.05) is 11.6 Å². The predicted octanol–water partition coefficient (Wildman–Crippen LogP) is 3.38. The summed E-state index contributed by atoms with van der Waals surface area (Å²) in [5.41, 5.74) is 1.04. The molecule has 1 aromatic carbocycles. The van der Waals surface area contributed by atoms with Gasteiger partial charge in [0.25, 0.3) is 5.91 Å². The molecule has 2 aliphatic rings. The molecule has 3 rings (SSSR count). The highest BCUT2D eigenvalue weighted by Gasteiger charge is 2.52. The van der Waals surface area contributed by atoms with Gasteiger partial charge in [-0.15, -0.1) is 0 Å². The molecule has 1 atom stereocenters. The zero-order valence-electron chi connectivity index (χ0n) is 20.9. The average molecular weight is 444 g/mol. The van der Waals surface area contributed by atoms with Crippen LogP contribution in [0.25, 0.3) is 0 Å². The Morgan fingerprint density at radius 1 is 1.16 bits per heavy atom. The van der Waals surface area contributed by atoms with Gasteiger partial charge in [0.2, 0.25) is 0 Å².